The first-order valence-corrected chi connectivity index (χ1v) is 8.11. The highest BCUT2D eigenvalue weighted by Crippen LogP contribution is 2.13. The first-order chi connectivity index (χ1) is 12.6. The van der Waals surface area contributed by atoms with Gasteiger partial charge in [0, 0.05) is 18.7 Å². The lowest BCUT2D eigenvalue weighted by Gasteiger charge is -2.06. The zero-order valence-corrected chi connectivity index (χ0v) is 14.9. The molecule has 0 spiro atoms. The zero-order valence-electron chi connectivity index (χ0n) is 14.9. The van der Waals surface area contributed by atoms with Gasteiger partial charge in [0.05, 0.1) is 31.2 Å². The van der Waals surface area contributed by atoms with Gasteiger partial charge in [-0.25, -0.2) is 9.48 Å². The Morgan fingerprint density at radius 3 is 2.77 bits per heavy atom. The van der Waals surface area contributed by atoms with E-state index in [-0.39, 0.29) is 5.91 Å². The van der Waals surface area contributed by atoms with E-state index >= 15 is 0 Å². The van der Waals surface area contributed by atoms with Crippen molar-refractivity contribution in [3.63, 3.8) is 0 Å². The molecule has 0 unspecified atom stereocenters. The summed E-state index contributed by atoms with van der Waals surface area (Å²) in [4.78, 5) is 23.2. The number of esters is 1. The Kier molecular flexibility index (Phi) is 6.84. The minimum Gasteiger partial charge on any atom is -0.477 e. The number of carbonyl (C=O) groups excluding carboxylic acids is 2. The van der Waals surface area contributed by atoms with Crippen LogP contribution in [0.1, 0.15) is 29.4 Å². The van der Waals surface area contributed by atoms with Crippen LogP contribution in [0, 0.1) is 6.92 Å². The van der Waals surface area contributed by atoms with E-state index in [9.17, 15) is 9.59 Å². The first-order valence-electron chi connectivity index (χ1n) is 8.11. The Bertz CT molecular complexity index is 783. The maximum Gasteiger partial charge on any atom is 0.330 e. The third-order valence-electron chi connectivity index (χ3n) is 3.44. The van der Waals surface area contributed by atoms with Gasteiger partial charge in [0.15, 0.2) is 5.82 Å². The summed E-state index contributed by atoms with van der Waals surface area (Å²) in [5.74, 6) is 0.245. The van der Waals surface area contributed by atoms with Gasteiger partial charge in [-0.2, -0.15) is 5.10 Å². The molecule has 0 aromatic carbocycles. The summed E-state index contributed by atoms with van der Waals surface area (Å²) in [6.45, 7) is 4.54. The molecule has 0 atom stereocenters. The van der Waals surface area contributed by atoms with E-state index in [0.29, 0.717) is 42.5 Å². The normalized spacial score (nSPS) is 10.7. The highest BCUT2D eigenvalue weighted by atomic mass is 16.5. The molecule has 2 heterocycles. The minimum absolute atomic E-state index is 0.251. The van der Waals surface area contributed by atoms with Gasteiger partial charge >= 0.3 is 5.97 Å². The second-order valence-electron chi connectivity index (χ2n) is 5.19. The van der Waals surface area contributed by atoms with Crippen LogP contribution in [0.5, 0.6) is 5.88 Å². The molecule has 1 amide bonds. The first kappa shape index (κ1) is 19.1. The van der Waals surface area contributed by atoms with Crippen LogP contribution >= 0.6 is 0 Å². The van der Waals surface area contributed by atoms with E-state index in [1.165, 1.54) is 24.1 Å². The summed E-state index contributed by atoms with van der Waals surface area (Å²) < 4.78 is 11.3. The number of aromatic nitrogens is 4. The van der Waals surface area contributed by atoms with Gasteiger partial charge in [0.25, 0.3) is 5.91 Å². The maximum absolute atomic E-state index is 12.3. The van der Waals surface area contributed by atoms with Gasteiger partial charge in [0.2, 0.25) is 5.88 Å². The third-order valence-corrected chi connectivity index (χ3v) is 3.44. The van der Waals surface area contributed by atoms with E-state index in [2.05, 4.69) is 25.3 Å². The van der Waals surface area contributed by atoms with Gasteiger partial charge in [0.1, 0.15) is 0 Å². The van der Waals surface area contributed by atoms with E-state index in [1.54, 1.807) is 25.1 Å². The number of nitrogens with one attached hydrogen (secondary N) is 1. The van der Waals surface area contributed by atoms with Gasteiger partial charge in [-0.1, -0.05) is 6.08 Å². The smallest absolute Gasteiger partial charge is 0.330 e. The van der Waals surface area contributed by atoms with Crippen LogP contribution < -0.4 is 10.1 Å². The number of hydrogen-bond acceptors (Lipinski definition) is 7. The molecule has 0 aliphatic rings. The molecule has 9 nitrogen and oxygen atoms in total. The van der Waals surface area contributed by atoms with Crippen LogP contribution in [0.3, 0.4) is 0 Å². The standard InChI is InChI=1S/C17H21N5O4/c1-4-26-15-9-8-14(20-21-15)22-12(2)13(11-19-22)17(24)18-10-6-5-7-16(23)25-3/h5,7-9,11H,4,6,10H2,1-3H3,(H,18,24)/b7-5+. The molecule has 0 aliphatic heterocycles. The topological polar surface area (TPSA) is 108 Å². The summed E-state index contributed by atoms with van der Waals surface area (Å²) >= 11 is 0. The molecule has 1 N–H and O–H groups in total. The van der Waals surface area contributed by atoms with Crippen molar-refractivity contribution >= 4 is 11.9 Å². The van der Waals surface area contributed by atoms with Crippen molar-refractivity contribution < 1.29 is 19.1 Å². The van der Waals surface area contributed by atoms with Crippen LogP contribution in [-0.2, 0) is 9.53 Å². The van der Waals surface area contributed by atoms with Crippen LogP contribution in [0.2, 0.25) is 0 Å². The minimum atomic E-state index is -0.426. The molecular formula is C17H21N5O4. The molecule has 138 valence electrons. The van der Waals surface area contributed by atoms with Crippen LogP contribution in [0.4, 0.5) is 0 Å². The largest absolute Gasteiger partial charge is 0.477 e. The number of methoxy groups -OCH3 is 1. The maximum atomic E-state index is 12.3. The monoisotopic (exact) mass is 359 g/mol. The molecule has 2 aromatic heterocycles. The van der Waals surface area contributed by atoms with Crippen LogP contribution in [0.15, 0.2) is 30.5 Å². The molecule has 0 radical (unpaired) electrons. The molecule has 0 fully saturated rings. The lowest BCUT2D eigenvalue weighted by Crippen LogP contribution is -2.24. The summed E-state index contributed by atoms with van der Waals surface area (Å²) in [5.41, 5.74) is 1.09. The third kappa shape index (κ3) is 4.88. The lowest BCUT2D eigenvalue weighted by atomic mass is 10.2. The number of carbonyl (C=O) groups is 2. The molecule has 2 rings (SSSR count). The fourth-order valence-electron chi connectivity index (χ4n) is 2.13. The van der Waals surface area contributed by atoms with Crippen LogP contribution in [-0.4, -0.2) is 52.1 Å². The van der Waals surface area contributed by atoms with Crippen molar-refractivity contribution in [3.05, 3.63) is 41.7 Å². The average molecular weight is 359 g/mol. The van der Waals surface area contributed by atoms with E-state index in [0.717, 1.165) is 0 Å². The van der Waals surface area contributed by atoms with Crippen molar-refractivity contribution in [2.24, 2.45) is 0 Å². The Balaban J connectivity index is 1.98. The van der Waals surface area contributed by atoms with Crippen molar-refractivity contribution in [3.8, 4) is 11.7 Å². The molecule has 0 aliphatic carbocycles. The molecule has 2 aromatic rings. The Morgan fingerprint density at radius 1 is 1.31 bits per heavy atom. The summed E-state index contributed by atoms with van der Waals surface area (Å²) in [7, 11) is 1.31. The van der Waals surface area contributed by atoms with Crippen molar-refractivity contribution in [1.29, 1.82) is 0 Å². The highest BCUT2D eigenvalue weighted by Gasteiger charge is 2.15. The van der Waals surface area contributed by atoms with E-state index in [1.807, 2.05) is 6.92 Å². The Hall–Kier alpha value is -3.23. The predicted molar refractivity (Wildman–Crippen MR) is 93.2 cm³/mol. The van der Waals surface area contributed by atoms with Crippen molar-refractivity contribution in [2.75, 3.05) is 20.3 Å². The molecule has 26 heavy (non-hydrogen) atoms. The number of ether oxygens (including phenoxy) is 2. The molecule has 0 saturated carbocycles. The van der Waals surface area contributed by atoms with Gasteiger partial charge < -0.3 is 14.8 Å². The number of amides is 1. The summed E-state index contributed by atoms with van der Waals surface area (Å²) in [6.07, 6.45) is 4.95. The zero-order chi connectivity index (χ0) is 18.9. The molecule has 9 heteroatoms. The van der Waals surface area contributed by atoms with E-state index in [4.69, 9.17) is 4.74 Å². The highest BCUT2D eigenvalue weighted by molar-refractivity contribution is 5.95. The molecular weight excluding hydrogens is 338 g/mol. The number of rotatable bonds is 8. The Morgan fingerprint density at radius 2 is 2.12 bits per heavy atom. The second kappa shape index (κ2) is 9.30. The second-order valence-corrected chi connectivity index (χ2v) is 5.19. The van der Waals surface area contributed by atoms with Crippen molar-refractivity contribution in [1.82, 2.24) is 25.3 Å². The number of nitrogens with zero attached hydrogens (tertiary/aromatic N) is 4. The van der Waals surface area contributed by atoms with Gasteiger partial charge in [-0.05, 0) is 26.3 Å². The SMILES string of the molecule is CCOc1ccc(-n2ncc(C(=O)NCC/C=C/C(=O)OC)c2C)nn1. The number of hydrogen-bond donors (Lipinski definition) is 1. The predicted octanol–water partition coefficient (Wildman–Crippen LogP) is 1.22. The molecule has 0 saturated heterocycles. The summed E-state index contributed by atoms with van der Waals surface area (Å²) in [6, 6.07) is 3.41. The Labute approximate surface area is 151 Å². The fraction of sp³-hybridized carbons (Fsp3) is 0.353. The lowest BCUT2D eigenvalue weighted by molar-refractivity contribution is -0.134. The van der Waals surface area contributed by atoms with Gasteiger partial charge in [-0.15, -0.1) is 10.2 Å². The summed E-state index contributed by atoms with van der Waals surface area (Å²) in [5, 5.41) is 15.0. The van der Waals surface area contributed by atoms with Gasteiger partial charge in [-0.3, -0.25) is 4.79 Å². The van der Waals surface area contributed by atoms with E-state index < -0.39 is 5.97 Å². The fourth-order valence-corrected chi connectivity index (χ4v) is 2.13. The van der Waals surface area contributed by atoms with Crippen molar-refractivity contribution in [2.45, 2.75) is 20.3 Å². The van der Waals surface area contributed by atoms with Crippen LogP contribution in [0.25, 0.3) is 5.82 Å². The quantitative estimate of drug-likeness (QED) is 0.429. The average Bonchev–Trinajstić information content (AvgIpc) is 3.03. The molecule has 0 bridgehead atoms.